The first kappa shape index (κ1) is 24.9. The normalized spacial score (nSPS) is 21.5. The molecule has 1 saturated heterocycles. The molecule has 9 heteroatoms. The fraction of sp³-hybridized carbons (Fsp3) is 0.591. The van der Waals surface area contributed by atoms with Crippen LogP contribution in [0.15, 0.2) is 30.3 Å². The van der Waals surface area contributed by atoms with Crippen molar-refractivity contribution in [3.05, 3.63) is 35.9 Å². The summed E-state index contributed by atoms with van der Waals surface area (Å²) in [6.07, 6.45) is -0.876. The van der Waals surface area contributed by atoms with Gasteiger partial charge in [0, 0.05) is 7.05 Å². The number of β-amino-alcohol motifs (C(OH)–C–C–N with tert-alkyl or cyclic N) is 1. The van der Waals surface area contributed by atoms with Crippen LogP contribution in [0.5, 0.6) is 0 Å². The van der Waals surface area contributed by atoms with E-state index in [4.69, 9.17) is 9.47 Å². The molecule has 0 aromatic heterocycles. The van der Waals surface area contributed by atoms with E-state index in [9.17, 15) is 24.6 Å². The molecule has 9 nitrogen and oxygen atoms in total. The van der Waals surface area contributed by atoms with Crippen LogP contribution in [0.3, 0.4) is 0 Å². The first-order chi connectivity index (χ1) is 14.8. The number of benzene rings is 1. The van der Waals surface area contributed by atoms with E-state index >= 15 is 0 Å². The first-order valence-corrected chi connectivity index (χ1v) is 10.5. The number of nitrogens with zero attached hydrogens (tertiary/aromatic N) is 2. The number of aliphatic hydroxyl groups is 2. The van der Waals surface area contributed by atoms with Gasteiger partial charge in [-0.3, -0.25) is 19.4 Å². The maximum absolute atomic E-state index is 13.4. The highest BCUT2D eigenvalue weighted by molar-refractivity contribution is 6.22. The number of imide groups is 2. The standard InChI is InChI=1S/C22H32N2O7/c1-4-17(25)14-30-11-12-31-15-18(26)13-24-20(28)22(5-2,16-9-7-6-8-10-16)19(27)23(3)21(24)29/h6-10,17-18,25-26H,4-5,11-15H2,1-3H3. The smallest absolute Gasteiger partial charge is 0.333 e. The maximum Gasteiger partial charge on any atom is 0.333 e. The zero-order valence-corrected chi connectivity index (χ0v) is 18.3. The number of rotatable bonds is 12. The van der Waals surface area contributed by atoms with E-state index in [0.717, 1.165) is 9.80 Å². The maximum atomic E-state index is 13.4. The highest BCUT2D eigenvalue weighted by Crippen LogP contribution is 2.36. The molecule has 172 valence electrons. The third-order valence-electron chi connectivity index (χ3n) is 5.45. The topological polar surface area (TPSA) is 117 Å². The summed E-state index contributed by atoms with van der Waals surface area (Å²) in [6, 6.07) is 7.86. The van der Waals surface area contributed by atoms with Crippen LogP contribution in [0, 0.1) is 0 Å². The van der Waals surface area contributed by atoms with E-state index in [1.807, 2.05) is 6.92 Å². The Morgan fingerprint density at radius 2 is 1.52 bits per heavy atom. The first-order valence-electron chi connectivity index (χ1n) is 10.5. The fourth-order valence-corrected chi connectivity index (χ4v) is 3.54. The van der Waals surface area contributed by atoms with Gasteiger partial charge in [-0.05, 0) is 18.4 Å². The van der Waals surface area contributed by atoms with Crippen LogP contribution >= 0.6 is 0 Å². The average molecular weight is 437 g/mol. The lowest BCUT2D eigenvalue weighted by molar-refractivity contribution is -0.153. The Morgan fingerprint density at radius 1 is 0.935 bits per heavy atom. The van der Waals surface area contributed by atoms with Gasteiger partial charge in [-0.2, -0.15) is 0 Å². The number of amides is 4. The Labute approximate surface area is 182 Å². The average Bonchev–Trinajstić information content (AvgIpc) is 2.79. The number of likely N-dealkylation sites (N-methyl/N-ethyl adjacent to an activating group) is 1. The second kappa shape index (κ2) is 11.3. The molecule has 1 aromatic carbocycles. The molecular formula is C22H32N2O7. The van der Waals surface area contributed by atoms with Crippen LogP contribution in [0.25, 0.3) is 0 Å². The van der Waals surface area contributed by atoms with Crippen molar-refractivity contribution in [1.29, 1.82) is 0 Å². The van der Waals surface area contributed by atoms with E-state index in [2.05, 4.69) is 0 Å². The Balaban J connectivity index is 2.02. The van der Waals surface area contributed by atoms with Gasteiger partial charge in [-0.1, -0.05) is 44.2 Å². The van der Waals surface area contributed by atoms with Crippen molar-refractivity contribution in [2.45, 2.75) is 44.3 Å². The molecule has 0 saturated carbocycles. The third-order valence-corrected chi connectivity index (χ3v) is 5.45. The van der Waals surface area contributed by atoms with E-state index in [-0.39, 0.29) is 39.4 Å². The lowest BCUT2D eigenvalue weighted by Crippen LogP contribution is -2.67. The van der Waals surface area contributed by atoms with Gasteiger partial charge < -0.3 is 19.7 Å². The second-order valence-corrected chi connectivity index (χ2v) is 7.55. The minimum Gasteiger partial charge on any atom is -0.391 e. The molecular weight excluding hydrogens is 404 g/mol. The lowest BCUT2D eigenvalue weighted by Gasteiger charge is -2.43. The molecule has 2 rings (SSSR count). The highest BCUT2D eigenvalue weighted by Gasteiger charge is 2.56. The number of barbiturate groups is 1. The minimum absolute atomic E-state index is 0.112. The lowest BCUT2D eigenvalue weighted by atomic mass is 9.74. The predicted molar refractivity (Wildman–Crippen MR) is 112 cm³/mol. The number of hydrogen-bond donors (Lipinski definition) is 2. The molecule has 1 aliphatic heterocycles. The van der Waals surface area contributed by atoms with Crippen LogP contribution in [-0.2, 0) is 24.5 Å². The van der Waals surface area contributed by atoms with Gasteiger partial charge in [0.15, 0.2) is 5.41 Å². The third kappa shape index (κ3) is 5.48. The summed E-state index contributed by atoms with van der Waals surface area (Å²) in [4.78, 5) is 40.8. The summed E-state index contributed by atoms with van der Waals surface area (Å²) in [5.41, 5.74) is -1.01. The number of hydrogen-bond acceptors (Lipinski definition) is 7. The van der Waals surface area contributed by atoms with E-state index in [0.29, 0.717) is 12.0 Å². The molecule has 31 heavy (non-hydrogen) atoms. The van der Waals surface area contributed by atoms with Crippen LogP contribution < -0.4 is 0 Å². The van der Waals surface area contributed by atoms with Crippen molar-refractivity contribution >= 4 is 17.8 Å². The van der Waals surface area contributed by atoms with E-state index in [1.165, 1.54) is 7.05 Å². The fourth-order valence-electron chi connectivity index (χ4n) is 3.54. The van der Waals surface area contributed by atoms with Gasteiger partial charge in [0.1, 0.15) is 0 Å². The molecule has 0 radical (unpaired) electrons. The Kier molecular flexibility index (Phi) is 9.12. The van der Waals surface area contributed by atoms with Crippen molar-refractivity contribution in [3.8, 4) is 0 Å². The van der Waals surface area contributed by atoms with Crippen LogP contribution in [0.4, 0.5) is 4.79 Å². The van der Waals surface area contributed by atoms with Crippen molar-refractivity contribution in [2.24, 2.45) is 0 Å². The second-order valence-electron chi connectivity index (χ2n) is 7.55. The van der Waals surface area contributed by atoms with Crippen LogP contribution in [0.2, 0.25) is 0 Å². The summed E-state index contributed by atoms with van der Waals surface area (Å²) in [7, 11) is 1.34. The Bertz CT molecular complexity index is 757. The van der Waals surface area contributed by atoms with Crippen molar-refractivity contribution in [1.82, 2.24) is 9.80 Å². The van der Waals surface area contributed by atoms with Crippen molar-refractivity contribution < 1.29 is 34.1 Å². The number of carbonyl (C=O) groups is 3. The Hall–Kier alpha value is -2.33. The van der Waals surface area contributed by atoms with E-state index in [1.54, 1.807) is 37.3 Å². The van der Waals surface area contributed by atoms with Gasteiger partial charge in [0.25, 0.3) is 11.8 Å². The summed E-state index contributed by atoms with van der Waals surface area (Å²) in [5.74, 6) is -1.23. The molecule has 1 aliphatic rings. The number of ether oxygens (including phenoxy) is 2. The van der Waals surface area contributed by atoms with Crippen LogP contribution in [-0.4, -0.2) is 90.1 Å². The van der Waals surface area contributed by atoms with Gasteiger partial charge in [0.05, 0.1) is 45.2 Å². The number of aliphatic hydroxyl groups excluding tert-OH is 2. The van der Waals surface area contributed by atoms with Gasteiger partial charge >= 0.3 is 6.03 Å². The molecule has 0 aliphatic carbocycles. The van der Waals surface area contributed by atoms with Gasteiger partial charge in [-0.25, -0.2) is 4.79 Å². The zero-order chi connectivity index (χ0) is 23.0. The SMILES string of the molecule is CCC(O)COCCOCC(O)CN1C(=O)N(C)C(=O)C(CC)(c2ccccc2)C1=O. The summed E-state index contributed by atoms with van der Waals surface area (Å²) < 4.78 is 10.6. The summed E-state index contributed by atoms with van der Waals surface area (Å²) in [6.45, 7) is 3.81. The van der Waals surface area contributed by atoms with Crippen molar-refractivity contribution in [3.63, 3.8) is 0 Å². The highest BCUT2D eigenvalue weighted by atomic mass is 16.5. The molecule has 0 bridgehead atoms. The van der Waals surface area contributed by atoms with Crippen LogP contribution in [0.1, 0.15) is 32.3 Å². The molecule has 3 atom stereocenters. The van der Waals surface area contributed by atoms with E-state index < -0.39 is 35.5 Å². The monoisotopic (exact) mass is 436 g/mol. The molecule has 0 spiro atoms. The summed E-state index contributed by atoms with van der Waals surface area (Å²) >= 11 is 0. The minimum atomic E-state index is -1.52. The molecule has 4 amide bonds. The predicted octanol–water partition coefficient (Wildman–Crippen LogP) is 0.920. The molecule has 3 unspecified atom stereocenters. The zero-order valence-electron chi connectivity index (χ0n) is 18.3. The largest absolute Gasteiger partial charge is 0.391 e. The number of carbonyl (C=O) groups excluding carboxylic acids is 3. The van der Waals surface area contributed by atoms with Gasteiger partial charge in [-0.15, -0.1) is 0 Å². The molecule has 1 aromatic rings. The van der Waals surface area contributed by atoms with Crippen molar-refractivity contribution in [2.75, 3.05) is 40.0 Å². The molecule has 1 heterocycles. The molecule has 1 fully saturated rings. The number of urea groups is 1. The summed E-state index contributed by atoms with van der Waals surface area (Å²) in [5, 5.41) is 19.7. The molecule has 2 N–H and O–H groups in total. The quantitative estimate of drug-likeness (QED) is 0.370. The van der Waals surface area contributed by atoms with Gasteiger partial charge in [0.2, 0.25) is 0 Å². The Morgan fingerprint density at radius 3 is 2.06 bits per heavy atom.